The second kappa shape index (κ2) is 3.19. The van der Waals surface area contributed by atoms with Crippen molar-refractivity contribution in [3.05, 3.63) is 0 Å². The molecule has 1 aliphatic heterocycles. The van der Waals surface area contributed by atoms with E-state index in [1.54, 1.807) is 0 Å². The lowest BCUT2D eigenvalue weighted by Gasteiger charge is -2.29. The molecule has 0 aromatic carbocycles. The molecule has 3 N–H and O–H groups in total. The molecule has 0 aromatic rings. The van der Waals surface area contributed by atoms with Crippen molar-refractivity contribution in [2.24, 2.45) is 0 Å². The molecule has 0 spiro atoms. The van der Waals surface area contributed by atoms with Crippen LogP contribution in [0.3, 0.4) is 0 Å². The Morgan fingerprint density at radius 2 is 2.31 bits per heavy atom. The highest BCUT2D eigenvalue weighted by Gasteiger charge is 2.59. The summed E-state index contributed by atoms with van der Waals surface area (Å²) in [5.41, 5.74) is -2.24. The summed E-state index contributed by atoms with van der Waals surface area (Å²) in [7, 11) is 1.11. The van der Waals surface area contributed by atoms with E-state index in [2.05, 4.69) is 5.32 Å². The van der Waals surface area contributed by atoms with Crippen LogP contribution in [0.2, 0.25) is 0 Å². The number of carbonyl (C=O) groups excluding carboxylic acids is 1. The third-order valence-electron chi connectivity index (χ3n) is 2.23. The van der Waals surface area contributed by atoms with Crippen LogP contribution in [0.15, 0.2) is 0 Å². The largest absolute Gasteiger partial charge is 0.382 e. The fourth-order valence-corrected chi connectivity index (χ4v) is 1.32. The minimum atomic E-state index is -3.73. The van der Waals surface area contributed by atoms with E-state index in [-0.39, 0.29) is 13.0 Å². The Hall–Kier alpha value is -0.750. The quantitative estimate of drug-likeness (QED) is 0.533. The highest BCUT2D eigenvalue weighted by Crippen LogP contribution is 2.33. The summed E-state index contributed by atoms with van der Waals surface area (Å²) in [6.07, 6.45) is -0.118. The summed E-state index contributed by atoms with van der Waals surface area (Å²) in [6.45, 7) is 0.0382. The molecule has 1 amide bonds. The van der Waals surface area contributed by atoms with E-state index in [9.17, 15) is 18.7 Å². The molecule has 1 heterocycles. The van der Waals surface area contributed by atoms with E-state index < -0.39 is 17.4 Å². The molecule has 6 heteroatoms. The first kappa shape index (κ1) is 10.3. The van der Waals surface area contributed by atoms with E-state index >= 15 is 0 Å². The Kier molecular flexibility index (Phi) is 2.53. The third kappa shape index (κ3) is 1.51. The maximum atomic E-state index is 13.2. The van der Waals surface area contributed by atoms with Crippen LogP contribution in [-0.2, 0) is 4.79 Å². The van der Waals surface area contributed by atoms with Crippen LogP contribution >= 0.6 is 0 Å². The number of carbonyl (C=O) groups is 1. The van der Waals surface area contributed by atoms with E-state index in [0.29, 0.717) is 6.54 Å². The van der Waals surface area contributed by atoms with E-state index in [1.165, 1.54) is 0 Å². The Labute approximate surface area is 74.3 Å². The summed E-state index contributed by atoms with van der Waals surface area (Å²) >= 11 is 0. The molecule has 76 valence electrons. The monoisotopic (exact) mass is 194 g/mol. The van der Waals surface area contributed by atoms with Crippen LogP contribution in [0.5, 0.6) is 0 Å². The number of rotatable bonds is 2. The lowest BCUT2D eigenvalue weighted by Crippen LogP contribution is -2.57. The van der Waals surface area contributed by atoms with Crippen molar-refractivity contribution in [1.82, 2.24) is 10.6 Å². The van der Waals surface area contributed by atoms with Gasteiger partial charge in [-0.25, -0.2) is 0 Å². The number of halogens is 2. The van der Waals surface area contributed by atoms with Crippen LogP contribution in [0.25, 0.3) is 0 Å². The lowest BCUT2D eigenvalue weighted by atomic mass is 9.94. The molecule has 1 fully saturated rings. The maximum absolute atomic E-state index is 13.2. The molecule has 13 heavy (non-hydrogen) atoms. The lowest BCUT2D eigenvalue weighted by molar-refractivity contribution is -0.186. The Morgan fingerprint density at radius 1 is 1.69 bits per heavy atom. The Balaban J connectivity index is 2.83. The normalized spacial score (nSPS) is 28.9. The van der Waals surface area contributed by atoms with Gasteiger partial charge in [-0.3, -0.25) is 4.79 Å². The van der Waals surface area contributed by atoms with Crippen LogP contribution in [0.4, 0.5) is 8.78 Å². The van der Waals surface area contributed by atoms with Crippen molar-refractivity contribution in [2.75, 3.05) is 20.1 Å². The van der Waals surface area contributed by atoms with Gasteiger partial charge in [0.15, 0.2) is 5.60 Å². The van der Waals surface area contributed by atoms with Crippen LogP contribution in [0, 0.1) is 0 Å². The smallest absolute Gasteiger partial charge is 0.353 e. The molecule has 1 aliphatic rings. The van der Waals surface area contributed by atoms with Crippen LogP contribution < -0.4 is 10.6 Å². The number of hydrogen-bond acceptors (Lipinski definition) is 3. The third-order valence-corrected chi connectivity index (χ3v) is 2.23. The average molecular weight is 194 g/mol. The van der Waals surface area contributed by atoms with E-state index in [0.717, 1.165) is 7.05 Å². The molecule has 4 nitrogen and oxygen atoms in total. The second-order valence-corrected chi connectivity index (χ2v) is 3.11. The number of hydrogen-bond donors (Lipinski definition) is 3. The van der Waals surface area contributed by atoms with Gasteiger partial charge in [0.1, 0.15) is 0 Å². The molecule has 1 rings (SSSR count). The van der Waals surface area contributed by atoms with Gasteiger partial charge in [0.25, 0.3) is 5.91 Å². The predicted octanol–water partition coefficient (Wildman–Crippen LogP) is -0.908. The molecule has 0 aliphatic carbocycles. The second-order valence-electron chi connectivity index (χ2n) is 3.11. The summed E-state index contributed by atoms with van der Waals surface area (Å²) in [5, 5.41) is 13.9. The van der Waals surface area contributed by atoms with Gasteiger partial charge in [0.05, 0.1) is 0 Å². The van der Waals surface area contributed by atoms with E-state index in [4.69, 9.17) is 0 Å². The highest BCUT2D eigenvalue weighted by atomic mass is 19.3. The minimum Gasteiger partial charge on any atom is -0.382 e. The Bertz CT molecular complexity index is 215. The average Bonchev–Trinajstić information content (AvgIpc) is 2.52. The molecule has 0 aromatic heterocycles. The summed E-state index contributed by atoms with van der Waals surface area (Å²) in [5.74, 6) is -5.18. The van der Waals surface area contributed by atoms with Gasteiger partial charge in [-0.1, -0.05) is 0 Å². The SMILES string of the molecule is CNC(=O)C(F)(F)C1(O)CCNC1. The van der Waals surface area contributed by atoms with Crippen molar-refractivity contribution in [2.45, 2.75) is 17.9 Å². The number of alkyl halides is 2. The Morgan fingerprint density at radius 3 is 2.69 bits per heavy atom. The van der Waals surface area contributed by atoms with Gasteiger partial charge in [0.2, 0.25) is 0 Å². The van der Waals surface area contributed by atoms with Gasteiger partial charge in [0, 0.05) is 13.6 Å². The number of amides is 1. The first-order valence-electron chi connectivity index (χ1n) is 3.97. The fourth-order valence-electron chi connectivity index (χ4n) is 1.32. The summed E-state index contributed by atoms with van der Waals surface area (Å²) < 4.78 is 26.4. The molecule has 1 unspecified atom stereocenters. The van der Waals surface area contributed by atoms with Crippen molar-refractivity contribution in [1.29, 1.82) is 0 Å². The van der Waals surface area contributed by atoms with Gasteiger partial charge >= 0.3 is 5.92 Å². The van der Waals surface area contributed by atoms with Crippen molar-refractivity contribution >= 4 is 5.91 Å². The molecular formula is C7H12F2N2O2. The van der Waals surface area contributed by atoms with Gasteiger partial charge in [-0.05, 0) is 13.0 Å². The highest BCUT2D eigenvalue weighted by molar-refractivity contribution is 5.84. The predicted molar refractivity (Wildman–Crippen MR) is 41.5 cm³/mol. The maximum Gasteiger partial charge on any atom is 0.353 e. The standard InChI is InChI=1S/C7H12F2N2O2/c1-10-5(12)7(8,9)6(13)2-3-11-4-6/h11,13H,2-4H2,1H3,(H,10,12). The van der Waals surface area contributed by atoms with Gasteiger partial charge < -0.3 is 15.7 Å². The van der Waals surface area contributed by atoms with Crippen molar-refractivity contribution in [3.63, 3.8) is 0 Å². The minimum absolute atomic E-state index is 0.118. The van der Waals surface area contributed by atoms with E-state index in [1.807, 2.05) is 5.32 Å². The summed E-state index contributed by atoms with van der Waals surface area (Å²) in [4.78, 5) is 10.8. The summed E-state index contributed by atoms with van der Waals surface area (Å²) in [6, 6.07) is 0. The van der Waals surface area contributed by atoms with Gasteiger partial charge in [-0.15, -0.1) is 0 Å². The first-order valence-corrected chi connectivity index (χ1v) is 3.97. The first-order chi connectivity index (χ1) is 5.94. The number of β-amino-alcohol motifs (C(OH)–C–C–N with tert-alkyl or cyclic N) is 1. The fraction of sp³-hybridized carbons (Fsp3) is 0.857. The molecule has 0 radical (unpaired) electrons. The molecule has 0 saturated carbocycles. The number of aliphatic hydroxyl groups is 1. The van der Waals surface area contributed by atoms with Gasteiger partial charge in [-0.2, -0.15) is 8.78 Å². The molecular weight excluding hydrogens is 182 g/mol. The zero-order chi connectivity index (χ0) is 10.1. The van der Waals surface area contributed by atoms with Crippen molar-refractivity contribution in [3.8, 4) is 0 Å². The zero-order valence-corrected chi connectivity index (χ0v) is 7.23. The van der Waals surface area contributed by atoms with Crippen LogP contribution in [0.1, 0.15) is 6.42 Å². The zero-order valence-electron chi connectivity index (χ0n) is 7.23. The molecule has 1 saturated heterocycles. The van der Waals surface area contributed by atoms with Crippen LogP contribution in [-0.4, -0.2) is 42.7 Å². The molecule has 0 bridgehead atoms. The van der Waals surface area contributed by atoms with Crippen molar-refractivity contribution < 1.29 is 18.7 Å². The topological polar surface area (TPSA) is 61.4 Å². The molecule has 1 atom stereocenters. The number of nitrogens with one attached hydrogen (secondary N) is 2.